The van der Waals surface area contributed by atoms with E-state index in [2.05, 4.69) is 15.4 Å². The Morgan fingerprint density at radius 2 is 1.19 bits per heavy atom. The second-order valence-electron chi connectivity index (χ2n) is 7.11. The lowest BCUT2D eigenvalue weighted by Gasteiger charge is -2.23. The molecule has 156 valence electrons. The lowest BCUT2D eigenvalue weighted by Crippen LogP contribution is -2.43. The van der Waals surface area contributed by atoms with Crippen molar-refractivity contribution in [3.05, 3.63) is 0 Å². The maximum atomic E-state index is 11.8. The second-order valence-corrected chi connectivity index (χ2v) is 9.59. The summed E-state index contributed by atoms with van der Waals surface area (Å²) in [5.74, 6) is -2.18. The van der Waals surface area contributed by atoms with Gasteiger partial charge in [0.2, 0.25) is 0 Å². The van der Waals surface area contributed by atoms with E-state index in [1.807, 2.05) is 0 Å². The van der Waals surface area contributed by atoms with E-state index in [4.69, 9.17) is 9.47 Å². The van der Waals surface area contributed by atoms with Crippen molar-refractivity contribution in [2.75, 3.05) is 7.11 Å². The van der Waals surface area contributed by atoms with Crippen LogP contribution in [0.3, 0.4) is 0 Å². The Morgan fingerprint density at radius 3 is 1.52 bits per heavy atom. The molecule has 10 nitrogen and oxygen atoms in total. The third-order valence-corrected chi connectivity index (χ3v) is 4.80. The van der Waals surface area contributed by atoms with Crippen LogP contribution in [0.2, 0.25) is 0 Å². The summed E-state index contributed by atoms with van der Waals surface area (Å²) in [7, 11) is 2.43. The molecule has 0 aliphatic carbocycles. The van der Waals surface area contributed by atoms with Gasteiger partial charge in [-0.2, -0.15) is 0 Å². The molecule has 0 heterocycles. The van der Waals surface area contributed by atoms with Gasteiger partial charge in [-0.25, -0.2) is 19.2 Å². The molecule has 0 saturated heterocycles. The van der Waals surface area contributed by atoms with Crippen LogP contribution in [0, 0.1) is 0 Å². The molecular weight excluding hydrogens is 400 g/mol. The van der Waals surface area contributed by atoms with Crippen LogP contribution < -0.4 is 10.6 Å². The highest BCUT2D eigenvalue weighted by Crippen LogP contribution is 2.30. The van der Waals surface area contributed by atoms with Crippen molar-refractivity contribution in [3.8, 4) is 0 Å². The lowest BCUT2D eigenvalue weighted by molar-refractivity contribution is -0.140. The molecule has 0 aromatic rings. The number of carbonyl (C=O) groups is 4. The van der Waals surface area contributed by atoms with Crippen LogP contribution >= 0.6 is 21.6 Å². The van der Waals surface area contributed by atoms with Crippen LogP contribution in [0.25, 0.3) is 0 Å². The third kappa shape index (κ3) is 12.2. The smallest absolute Gasteiger partial charge is 0.409 e. The van der Waals surface area contributed by atoms with Gasteiger partial charge in [0.15, 0.2) is 10.7 Å². The van der Waals surface area contributed by atoms with Gasteiger partial charge in [-0.05, 0) is 41.5 Å². The number of carboxylic acids is 1. The van der Waals surface area contributed by atoms with Gasteiger partial charge < -0.3 is 19.3 Å². The maximum Gasteiger partial charge on any atom is 0.409 e. The van der Waals surface area contributed by atoms with E-state index in [1.165, 1.54) is 0 Å². The minimum atomic E-state index is -1.43. The fourth-order valence-electron chi connectivity index (χ4n) is 1.30. The van der Waals surface area contributed by atoms with Gasteiger partial charge in [0, 0.05) is 0 Å². The van der Waals surface area contributed by atoms with E-state index in [0.29, 0.717) is 21.6 Å². The molecule has 2 atom stereocenters. The number of carboxylic acid groups (broad SMARTS) is 1. The fourth-order valence-corrected chi connectivity index (χ4v) is 3.50. The Kier molecular flexibility index (Phi) is 9.79. The number of alkyl carbamates (subject to hydrolysis) is 2. The highest BCUT2D eigenvalue weighted by molar-refractivity contribution is 8.77. The van der Waals surface area contributed by atoms with Crippen molar-refractivity contribution in [3.63, 3.8) is 0 Å². The quantitative estimate of drug-likeness (QED) is 0.240. The summed E-state index contributed by atoms with van der Waals surface area (Å²) in [4.78, 5) is 46.7. The molecule has 3 N–H and O–H groups in total. The molecule has 27 heavy (non-hydrogen) atoms. The molecule has 12 heteroatoms. The summed E-state index contributed by atoms with van der Waals surface area (Å²) >= 11 is 0. The summed E-state index contributed by atoms with van der Waals surface area (Å²) in [5, 5.41) is 11.0. The zero-order chi connectivity index (χ0) is 21.4. The summed E-state index contributed by atoms with van der Waals surface area (Å²) in [5.41, 5.74) is -1.60. The molecule has 0 aliphatic heterocycles. The van der Waals surface area contributed by atoms with Gasteiger partial charge >= 0.3 is 24.1 Å². The molecule has 0 aromatic heterocycles. The average molecular weight is 427 g/mol. The second kappa shape index (κ2) is 10.5. The first kappa shape index (κ1) is 25.2. The minimum absolute atomic E-state index is 0.630. The first-order valence-corrected chi connectivity index (χ1v) is 10.0. The number of esters is 1. The zero-order valence-electron chi connectivity index (χ0n) is 16.3. The van der Waals surface area contributed by atoms with E-state index >= 15 is 0 Å². The van der Waals surface area contributed by atoms with E-state index < -0.39 is 46.1 Å². The molecule has 0 bridgehead atoms. The van der Waals surface area contributed by atoms with Crippen molar-refractivity contribution in [2.24, 2.45) is 0 Å². The SMILES string of the molecule is COC(=O)C(NC(=O)OC(C)(C)C)SSC(NC(=O)OC(C)(C)C)C(=O)O. The topological polar surface area (TPSA) is 140 Å². The highest BCUT2D eigenvalue weighted by Gasteiger charge is 2.30. The van der Waals surface area contributed by atoms with Crippen molar-refractivity contribution < 1.29 is 38.5 Å². The van der Waals surface area contributed by atoms with Gasteiger partial charge in [-0.1, -0.05) is 21.6 Å². The molecule has 0 radical (unpaired) electrons. The number of hydrogen-bond acceptors (Lipinski definition) is 9. The molecule has 0 spiro atoms. The van der Waals surface area contributed by atoms with E-state index in [-0.39, 0.29) is 0 Å². The number of nitrogens with one attached hydrogen (secondary N) is 2. The zero-order valence-corrected chi connectivity index (χ0v) is 17.9. The standard InChI is InChI=1S/C15H26N2O8S2/c1-14(2,3)24-12(21)16-8(10(18)19)26-27-9(11(20)23-7)17-13(22)25-15(4,5)6/h8-9H,1-7H3,(H,16,21)(H,17,22)(H,18,19). The largest absolute Gasteiger partial charge is 0.479 e. The molecule has 0 aromatic carbocycles. The molecule has 0 rings (SSSR count). The monoisotopic (exact) mass is 426 g/mol. The summed E-state index contributed by atoms with van der Waals surface area (Å²) in [6, 6.07) is 0. The van der Waals surface area contributed by atoms with E-state index in [0.717, 1.165) is 7.11 Å². The predicted octanol–water partition coefficient (Wildman–Crippen LogP) is 2.33. The first-order valence-electron chi connectivity index (χ1n) is 7.76. The van der Waals surface area contributed by atoms with Crippen LogP contribution in [0.5, 0.6) is 0 Å². The normalized spacial score (nSPS) is 13.7. The summed E-state index contributed by atoms with van der Waals surface area (Å²) in [6.07, 6.45) is -1.81. The van der Waals surface area contributed by atoms with Crippen molar-refractivity contribution in [1.29, 1.82) is 0 Å². The van der Waals surface area contributed by atoms with Crippen molar-refractivity contribution >= 4 is 45.7 Å². The Hall–Kier alpha value is -1.82. The number of amides is 2. The molecule has 0 aliphatic rings. The van der Waals surface area contributed by atoms with Crippen LogP contribution in [0.1, 0.15) is 41.5 Å². The number of ether oxygens (including phenoxy) is 3. The van der Waals surface area contributed by atoms with Gasteiger partial charge in [0.05, 0.1) is 7.11 Å². The van der Waals surface area contributed by atoms with Gasteiger partial charge in [-0.3, -0.25) is 10.6 Å². The summed E-state index contributed by atoms with van der Waals surface area (Å²) in [6.45, 7) is 9.82. The molecule has 0 saturated carbocycles. The molecule has 2 unspecified atom stereocenters. The maximum absolute atomic E-state index is 11.8. The van der Waals surface area contributed by atoms with Crippen LogP contribution in [-0.4, -0.2) is 58.3 Å². The fraction of sp³-hybridized carbons (Fsp3) is 0.733. The number of carbonyl (C=O) groups excluding carboxylic acids is 3. The Bertz CT molecular complexity index is 557. The van der Waals surface area contributed by atoms with Crippen LogP contribution in [0.4, 0.5) is 9.59 Å². The Balaban J connectivity index is 4.93. The average Bonchev–Trinajstić information content (AvgIpc) is 2.45. The van der Waals surface area contributed by atoms with Gasteiger partial charge in [0.1, 0.15) is 11.2 Å². The third-order valence-electron chi connectivity index (χ3n) is 2.18. The number of hydrogen-bond donors (Lipinski definition) is 3. The highest BCUT2D eigenvalue weighted by atomic mass is 33.1. The lowest BCUT2D eigenvalue weighted by atomic mass is 10.2. The molecular formula is C15H26N2O8S2. The van der Waals surface area contributed by atoms with Gasteiger partial charge in [0.25, 0.3) is 0 Å². The van der Waals surface area contributed by atoms with Crippen LogP contribution in [0.15, 0.2) is 0 Å². The Labute approximate surface area is 165 Å². The van der Waals surface area contributed by atoms with Crippen LogP contribution in [-0.2, 0) is 23.8 Å². The molecule has 2 amide bonds. The number of methoxy groups -OCH3 is 1. The predicted molar refractivity (Wildman–Crippen MR) is 101 cm³/mol. The minimum Gasteiger partial charge on any atom is -0.479 e. The van der Waals surface area contributed by atoms with Crippen molar-refractivity contribution in [2.45, 2.75) is 63.5 Å². The summed E-state index contributed by atoms with van der Waals surface area (Å²) < 4.78 is 14.6. The number of aliphatic carboxylic acids is 1. The number of rotatable bonds is 7. The van der Waals surface area contributed by atoms with Gasteiger partial charge in [-0.15, -0.1) is 0 Å². The first-order chi connectivity index (χ1) is 12.1. The van der Waals surface area contributed by atoms with E-state index in [9.17, 15) is 24.3 Å². The molecule has 0 fully saturated rings. The van der Waals surface area contributed by atoms with Crippen molar-refractivity contribution in [1.82, 2.24) is 10.6 Å². The Morgan fingerprint density at radius 1 is 0.815 bits per heavy atom. The van der Waals surface area contributed by atoms with E-state index in [1.54, 1.807) is 41.5 Å².